The molecule has 0 amide bonds. The van der Waals surface area contributed by atoms with Crippen LogP contribution < -0.4 is 0 Å². The Kier molecular flexibility index (Phi) is 5.76. The Bertz CT molecular complexity index is 701. The number of carbonyl (C=O) groups excluding carboxylic acids is 2. The molecule has 0 saturated heterocycles. The molecular weight excluding hydrogens is 310 g/mol. The number of aromatic nitrogens is 1. The van der Waals surface area contributed by atoms with Gasteiger partial charge in [-0.15, -0.1) is 0 Å². The molecule has 3 nitrogen and oxygen atoms in total. The SMILES string of the molecule is CC(C)(C)C(=O)/C=C/c1ccc(CC(C)(C)C(=O)C2=CCCC2)cn1. The average molecular weight is 339 g/mol. The summed E-state index contributed by atoms with van der Waals surface area (Å²) in [5, 5.41) is 0. The summed E-state index contributed by atoms with van der Waals surface area (Å²) in [6.45, 7) is 9.70. The number of hydrogen-bond donors (Lipinski definition) is 0. The Morgan fingerprint density at radius 2 is 1.88 bits per heavy atom. The topological polar surface area (TPSA) is 47.0 Å². The van der Waals surface area contributed by atoms with Gasteiger partial charge in [0.05, 0.1) is 5.69 Å². The number of nitrogens with zero attached hydrogens (tertiary/aromatic N) is 1. The monoisotopic (exact) mass is 339 g/mol. The minimum atomic E-state index is -0.419. The van der Waals surface area contributed by atoms with Crippen LogP contribution in [0.5, 0.6) is 0 Å². The molecule has 0 saturated carbocycles. The van der Waals surface area contributed by atoms with Gasteiger partial charge in [-0.2, -0.15) is 0 Å². The third-order valence-corrected chi connectivity index (χ3v) is 4.59. The maximum absolute atomic E-state index is 12.7. The average Bonchev–Trinajstić information content (AvgIpc) is 3.06. The summed E-state index contributed by atoms with van der Waals surface area (Å²) < 4.78 is 0. The van der Waals surface area contributed by atoms with Crippen molar-refractivity contribution in [3.63, 3.8) is 0 Å². The zero-order chi connectivity index (χ0) is 18.7. The molecule has 25 heavy (non-hydrogen) atoms. The Morgan fingerprint density at radius 1 is 1.16 bits per heavy atom. The maximum atomic E-state index is 12.7. The number of Topliss-reactive ketones (excluding diaryl/α,β-unsaturated/α-hetero) is 1. The molecular formula is C22H29NO2. The summed E-state index contributed by atoms with van der Waals surface area (Å²) in [5.74, 6) is 0.333. The van der Waals surface area contributed by atoms with E-state index in [1.54, 1.807) is 18.3 Å². The largest absolute Gasteiger partial charge is 0.294 e. The van der Waals surface area contributed by atoms with Crippen molar-refractivity contribution in [3.8, 4) is 0 Å². The molecule has 0 spiro atoms. The molecule has 0 aliphatic heterocycles. The Morgan fingerprint density at radius 3 is 2.40 bits per heavy atom. The van der Waals surface area contributed by atoms with Gasteiger partial charge in [0.2, 0.25) is 0 Å². The van der Waals surface area contributed by atoms with Crippen molar-refractivity contribution in [1.29, 1.82) is 0 Å². The van der Waals surface area contributed by atoms with Crippen LogP contribution in [0.4, 0.5) is 0 Å². The maximum Gasteiger partial charge on any atom is 0.164 e. The van der Waals surface area contributed by atoms with Crippen LogP contribution in [0.15, 0.2) is 36.1 Å². The van der Waals surface area contributed by atoms with E-state index in [2.05, 4.69) is 11.1 Å². The zero-order valence-corrected chi connectivity index (χ0v) is 16.1. The van der Waals surface area contributed by atoms with Crippen molar-refractivity contribution < 1.29 is 9.59 Å². The minimum Gasteiger partial charge on any atom is -0.294 e. The number of ketones is 2. The molecule has 0 radical (unpaired) electrons. The normalized spacial score (nSPS) is 15.5. The summed E-state index contributed by atoms with van der Waals surface area (Å²) in [4.78, 5) is 29.0. The molecule has 0 atom stereocenters. The molecule has 0 fully saturated rings. The van der Waals surface area contributed by atoms with E-state index in [1.165, 1.54) is 0 Å². The first kappa shape index (κ1) is 19.3. The van der Waals surface area contributed by atoms with E-state index in [0.717, 1.165) is 36.1 Å². The highest BCUT2D eigenvalue weighted by atomic mass is 16.1. The molecule has 2 rings (SSSR count). The first-order valence-corrected chi connectivity index (χ1v) is 9.01. The number of pyridine rings is 1. The van der Waals surface area contributed by atoms with E-state index >= 15 is 0 Å². The smallest absolute Gasteiger partial charge is 0.164 e. The molecule has 1 aromatic heterocycles. The van der Waals surface area contributed by atoms with E-state index in [1.807, 2.05) is 46.8 Å². The van der Waals surface area contributed by atoms with Crippen molar-refractivity contribution >= 4 is 17.6 Å². The van der Waals surface area contributed by atoms with Crippen LogP contribution in [0.3, 0.4) is 0 Å². The summed E-state index contributed by atoms with van der Waals surface area (Å²) in [7, 11) is 0. The van der Waals surface area contributed by atoms with Crippen LogP contribution in [0.2, 0.25) is 0 Å². The van der Waals surface area contributed by atoms with Crippen LogP contribution in [-0.2, 0) is 16.0 Å². The van der Waals surface area contributed by atoms with Crippen LogP contribution in [0, 0.1) is 10.8 Å². The molecule has 1 aliphatic rings. The van der Waals surface area contributed by atoms with Crippen molar-refractivity contribution in [2.45, 2.75) is 60.3 Å². The lowest BCUT2D eigenvalue weighted by Gasteiger charge is -2.23. The quantitative estimate of drug-likeness (QED) is 0.688. The van der Waals surface area contributed by atoms with E-state index in [0.29, 0.717) is 6.42 Å². The highest BCUT2D eigenvalue weighted by Gasteiger charge is 2.31. The molecule has 0 bridgehead atoms. The van der Waals surface area contributed by atoms with E-state index in [4.69, 9.17) is 0 Å². The first-order chi connectivity index (χ1) is 11.6. The van der Waals surface area contributed by atoms with Crippen LogP contribution in [0.25, 0.3) is 6.08 Å². The van der Waals surface area contributed by atoms with Crippen molar-refractivity contribution in [3.05, 3.63) is 47.3 Å². The second kappa shape index (κ2) is 7.47. The third kappa shape index (κ3) is 5.22. The van der Waals surface area contributed by atoms with Crippen molar-refractivity contribution in [2.75, 3.05) is 0 Å². The lowest BCUT2D eigenvalue weighted by atomic mass is 9.79. The first-order valence-electron chi connectivity index (χ1n) is 9.01. The zero-order valence-electron chi connectivity index (χ0n) is 16.1. The van der Waals surface area contributed by atoms with Gasteiger partial charge in [-0.3, -0.25) is 14.6 Å². The highest BCUT2D eigenvalue weighted by molar-refractivity contribution is 6.00. The second-order valence-electron chi connectivity index (χ2n) is 8.55. The molecule has 134 valence electrons. The molecule has 1 aliphatic carbocycles. The van der Waals surface area contributed by atoms with Gasteiger partial charge in [0.1, 0.15) is 0 Å². The number of allylic oxidation sites excluding steroid dienone is 3. The van der Waals surface area contributed by atoms with E-state index in [-0.39, 0.29) is 17.0 Å². The Hall–Kier alpha value is -2.03. The summed E-state index contributed by atoms with van der Waals surface area (Å²) >= 11 is 0. The Labute approximate surface area is 151 Å². The predicted molar refractivity (Wildman–Crippen MR) is 102 cm³/mol. The van der Waals surface area contributed by atoms with Gasteiger partial charge in [-0.25, -0.2) is 0 Å². The Balaban J connectivity index is 2.03. The predicted octanol–water partition coefficient (Wildman–Crippen LogP) is 4.96. The lowest BCUT2D eigenvalue weighted by Crippen LogP contribution is -2.28. The molecule has 0 N–H and O–H groups in total. The van der Waals surface area contributed by atoms with Crippen molar-refractivity contribution in [2.24, 2.45) is 10.8 Å². The van der Waals surface area contributed by atoms with Crippen LogP contribution in [-0.4, -0.2) is 16.6 Å². The molecule has 1 heterocycles. The summed E-state index contributed by atoms with van der Waals surface area (Å²) in [6.07, 6.45) is 10.9. The van der Waals surface area contributed by atoms with Gasteiger partial charge in [0.25, 0.3) is 0 Å². The highest BCUT2D eigenvalue weighted by Crippen LogP contribution is 2.31. The van der Waals surface area contributed by atoms with Crippen LogP contribution >= 0.6 is 0 Å². The van der Waals surface area contributed by atoms with E-state index < -0.39 is 5.41 Å². The minimum absolute atomic E-state index is 0.0787. The summed E-state index contributed by atoms with van der Waals surface area (Å²) in [6, 6.07) is 3.89. The fourth-order valence-corrected chi connectivity index (χ4v) is 2.95. The lowest BCUT2D eigenvalue weighted by molar-refractivity contribution is -0.123. The molecule has 1 aromatic rings. The van der Waals surface area contributed by atoms with Gasteiger partial charge < -0.3 is 0 Å². The van der Waals surface area contributed by atoms with E-state index in [9.17, 15) is 9.59 Å². The van der Waals surface area contributed by atoms with Gasteiger partial charge in [0.15, 0.2) is 11.6 Å². The van der Waals surface area contributed by atoms with Gasteiger partial charge in [-0.1, -0.05) is 46.8 Å². The van der Waals surface area contributed by atoms with Crippen LogP contribution in [0.1, 0.15) is 65.1 Å². The fourth-order valence-electron chi connectivity index (χ4n) is 2.95. The molecule has 3 heteroatoms. The fraction of sp³-hybridized carbons (Fsp3) is 0.500. The summed E-state index contributed by atoms with van der Waals surface area (Å²) in [5.41, 5.74) is 1.98. The van der Waals surface area contributed by atoms with Gasteiger partial charge in [0, 0.05) is 17.0 Å². The molecule has 0 unspecified atom stereocenters. The van der Waals surface area contributed by atoms with Crippen molar-refractivity contribution in [1.82, 2.24) is 4.98 Å². The van der Waals surface area contributed by atoms with Gasteiger partial charge >= 0.3 is 0 Å². The second-order valence-corrected chi connectivity index (χ2v) is 8.55. The number of rotatable bonds is 6. The number of hydrogen-bond acceptors (Lipinski definition) is 3. The number of carbonyl (C=O) groups is 2. The standard InChI is InChI=1S/C22H29NO2/c1-21(2,3)19(24)13-12-18-11-10-16(15-23-18)14-22(4,5)20(25)17-8-6-7-9-17/h8,10-13,15H,6-7,9,14H2,1-5H3/b13-12+. The third-order valence-electron chi connectivity index (χ3n) is 4.59. The van der Waals surface area contributed by atoms with Gasteiger partial charge in [-0.05, 0) is 55.0 Å². The molecule has 0 aromatic carbocycles.